The van der Waals surface area contributed by atoms with Crippen LogP contribution in [0.3, 0.4) is 0 Å². The predicted octanol–water partition coefficient (Wildman–Crippen LogP) is -0.216. The van der Waals surface area contributed by atoms with Gasteiger partial charge in [-0.3, -0.25) is 14.5 Å². The molecule has 0 aliphatic carbocycles. The molecule has 2 fully saturated rings. The van der Waals surface area contributed by atoms with E-state index < -0.39 is 5.97 Å². The van der Waals surface area contributed by atoms with Crippen molar-refractivity contribution in [2.24, 2.45) is 0 Å². The van der Waals surface area contributed by atoms with E-state index in [9.17, 15) is 9.59 Å². The topological polar surface area (TPSA) is 78.9 Å². The largest absolute Gasteiger partial charge is 0.481 e. The smallest absolute Gasteiger partial charge is 0.313 e. The third kappa shape index (κ3) is 4.67. The lowest BCUT2D eigenvalue weighted by Gasteiger charge is -2.35. The van der Waals surface area contributed by atoms with Crippen LogP contribution in [0.4, 0.5) is 0 Å². The molecule has 0 aromatic rings. The van der Waals surface area contributed by atoms with Crippen molar-refractivity contribution < 1.29 is 19.4 Å². The second kappa shape index (κ2) is 7.12. The first-order valence-electron chi connectivity index (χ1n) is 6.57. The number of rotatable bonds is 6. The predicted molar refractivity (Wildman–Crippen MR) is 72.3 cm³/mol. The first-order chi connectivity index (χ1) is 9.15. The molecule has 2 unspecified atom stereocenters. The number of carboxylic acids is 1. The van der Waals surface area contributed by atoms with Crippen LogP contribution < -0.4 is 5.32 Å². The van der Waals surface area contributed by atoms with Crippen molar-refractivity contribution in [1.29, 1.82) is 0 Å². The van der Waals surface area contributed by atoms with E-state index in [2.05, 4.69) is 10.2 Å². The van der Waals surface area contributed by atoms with Gasteiger partial charge < -0.3 is 15.2 Å². The van der Waals surface area contributed by atoms with Crippen molar-refractivity contribution in [3.63, 3.8) is 0 Å². The average Bonchev–Trinajstić information content (AvgIpc) is 2.83. The molecule has 7 heteroatoms. The number of fused-ring (bicyclic) bond motifs is 1. The van der Waals surface area contributed by atoms with E-state index >= 15 is 0 Å². The second-order valence-corrected chi connectivity index (χ2v) is 5.92. The maximum absolute atomic E-state index is 11.5. The zero-order valence-corrected chi connectivity index (χ0v) is 11.7. The molecule has 19 heavy (non-hydrogen) atoms. The summed E-state index contributed by atoms with van der Waals surface area (Å²) >= 11 is 1.11. The maximum atomic E-state index is 11.5. The molecule has 2 saturated heterocycles. The van der Waals surface area contributed by atoms with Gasteiger partial charge in [-0.1, -0.05) is 0 Å². The van der Waals surface area contributed by atoms with Crippen LogP contribution in [0, 0.1) is 0 Å². The number of carbonyl (C=O) groups excluding carboxylic acids is 1. The first kappa shape index (κ1) is 14.6. The van der Waals surface area contributed by atoms with Crippen molar-refractivity contribution in [3.05, 3.63) is 0 Å². The van der Waals surface area contributed by atoms with E-state index in [1.54, 1.807) is 0 Å². The van der Waals surface area contributed by atoms with Crippen LogP contribution in [0.5, 0.6) is 0 Å². The molecule has 1 amide bonds. The fourth-order valence-electron chi connectivity index (χ4n) is 2.52. The fraction of sp³-hybridized carbons (Fsp3) is 0.833. The lowest BCUT2D eigenvalue weighted by molar-refractivity contribution is -0.133. The Morgan fingerprint density at radius 1 is 1.42 bits per heavy atom. The number of carbonyl (C=O) groups is 2. The Labute approximate surface area is 116 Å². The molecule has 2 atom stereocenters. The van der Waals surface area contributed by atoms with Gasteiger partial charge in [-0.25, -0.2) is 0 Å². The maximum Gasteiger partial charge on any atom is 0.313 e. The van der Waals surface area contributed by atoms with Gasteiger partial charge in [0.1, 0.15) is 0 Å². The molecule has 0 spiro atoms. The summed E-state index contributed by atoms with van der Waals surface area (Å²) in [6, 6.07) is 0.568. The van der Waals surface area contributed by atoms with Crippen LogP contribution >= 0.6 is 11.8 Å². The van der Waals surface area contributed by atoms with Gasteiger partial charge in [0.05, 0.1) is 24.2 Å². The highest BCUT2D eigenvalue weighted by Crippen LogP contribution is 2.22. The van der Waals surface area contributed by atoms with E-state index in [0.717, 1.165) is 31.5 Å². The van der Waals surface area contributed by atoms with Crippen LogP contribution in [-0.4, -0.2) is 71.8 Å². The van der Waals surface area contributed by atoms with Gasteiger partial charge in [0, 0.05) is 19.1 Å². The Bertz CT molecular complexity index is 340. The Balaban J connectivity index is 1.60. The van der Waals surface area contributed by atoms with Crippen molar-refractivity contribution in [3.8, 4) is 0 Å². The normalized spacial score (nSPS) is 26.9. The quantitative estimate of drug-likeness (QED) is 0.704. The van der Waals surface area contributed by atoms with Gasteiger partial charge in [-0.2, -0.15) is 0 Å². The molecule has 0 aromatic heterocycles. The molecule has 0 aromatic carbocycles. The molecule has 2 aliphatic heterocycles. The van der Waals surface area contributed by atoms with Gasteiger partial charge in [0.25, 0.3) is 0 Å². The van der Waals surface area contributed by atoms with Crippen molar-refractivity contribution in [2.45, 2.75) is 25.0 Å². The summed E-state index contributed by atoms with van der Waals surface area (Å²) in [6.45, 7) is 3.28. The minimum Gasteiger partial charge on any atom is -0.481 e. The Morgan fingerprint density at radius 2 is 2.26 bits per heavy atom. The average molecular weight is 288 g/mol. The first-order valence-corrected chi connectivity index (χ1v) is 7.72. The molecule has 2 N–H and O–H groups in total. The molecular formula is C12H20N2O4S. The van der Waals surface area contributed by atoms with Crippen LogP contribution in [0.25, 0.3) is 0 Å². The molecule has 2 rings (SSSR count). The van der Waals surface area contributed by atoms with Crippen molar-refractivity contribution in [2.75, 3.05) is 37.7 Å². The lowest BCUT2D eigenvalue weighted by Crippen LogP contribution is -2.50. The summed E-state index contributed by atoms with van der Waals surface area (Å²) in [6.07, 6.45) is 2.51. The molecule has 2 aliphatic rings. The number of amides is 1. The summed E-state index contributed by atoms with van der Waals surface area (Å²) < 4.78 is 5.73. The number of nitrogens with zero attached hydrogens (tertiary/aromatic N) is 1. The number of carboxylic acid groups (broad SMARTS) is 1. The second-order valence-electron chi connectivity index (χ2n) is 4.94. The SMILES string of the molecule is O=C(O)CSCC(=O)NCC1CN2CCCC2CO1. The molecule has 0 saturated carbocycles. The number of hydrogen-bond acceptors (Lipinski definition) is 5. The van der Waals surface area contributed by atoms with Gasteiger partial charge in [-0.05, 0) is 19.4 Å². The highest BCUT2D eigenvalue weighted by atomic mass is 32.2. The zero-order chi connectivity index (χ0) is 13.7. The molecule has 2 heterocycles. The highest BCUT2D eigenvalue weighted by Gasteiger charge is 2.32. The molecule has 108 valence electrons. The molecule has 0 radical (unpaired) electrons. The van der Waals surface area contributed by atoms with Crippen molar-refractivity contribution in [1.82, 2.24) is 10.2 Å². The zero-order valence-electron chi connectivity index (χ0n) is 10.8. The number of nitrogens with one attached hydrogen (secondary N) is 1. The van der Waals surface area contributed by atoms with Crippen molar-refractivity contribution >= 4 is 23.6 Å². The lowest BCUT2D eigenvalue weighted by atomic mass is 10.2. The van der Waals surface area contributed by atoms with E-state index in [0.29, 0.717) is 12.6 Å². The minimum absolute atomic E-state index is 0.0389. The number of hydrogen-bond donors (Lipinski definition) is 2. The standard InChI is InChI=1S/C12H20N2O4S/c15-11(7-19-8-12(16)17)13-4-10-5-14-3-1-2-9(14)6-18-10/h9-10H,1-8H2,(H,13,15)(H,16,17). The molecule has 6 nitrogen and oxygen atoms in total. The van der Waals surface area contributed by atoms with Crippen LogP contribution in [0.1, 0.15) is 12.8 Å². The van der Waals surface area contributed by atoms with E-state index in [4.69, 9.17) is 9.84 Å². The van der Waals surface area contributed by atoms with E-state index in [1.807, 2.05) is 0 Å². The Morgan fingerprint density at radius 3 is 3.05 bits per heavy atom. The Hall–Kier alpha value is -0.790. The summed E-state index contributed by atoms with van der Waals surface area (Å²) in [7, 11) is 0. The Kier molecular flexibility index (Phi) is 5.47. The summed E-state index contributed by atoms with van der Waals surface area (Å²) in [5, 5.41) is 11.3. The van der Waals surface area contributed by atoms with E-state index in [-0.39, 0.29) is 23.5 Å². The van der Waals surface area contributed by atoms with Gasteiger partial charge >= 0.3 is 5.97 Å². The third-order valence-electron chi connectivity index (χ3n) is 3.45. The number of morpholine rings is 1. The summed E-state index contributed by atoms with van der Waals surface area (Å²) in [4.78, 5) is 24.2. The monoisotopic (exact) mass is 288 g/mol. The number of thioether (sulfide) groups is 1. The van der Waals surface area contributed by atoms with Gasteiger partial charge in [-0.15, -0.1) is 11.8 Å². The summed E-state index contributed by atoms with van der Waals surface area (Å²) in [5.74, 6) is -0.874. The highest BCUT2D eigenvalue weighted by molar-refractivity contribution is 8.00. The van der Waals surface area contributed by atoms with Gasteiger partial charge in [0.15, 0.2) is 0 Å². The molecule has 0 bridgehead atoms. The molecular weight excluding hydrogens is 268 g/mol. The number of aliphatic carboxylic acids is 1. The van der Waals surface area contributed by atoms with Crippen LogP contribution in [-0.2, 0) is 14.3 Å². The van der Waals surface area contributed by atoms with Gasteiger partial charge in [0.2, 0.25) is 5.91 Å². The van der Waals surface area contributed by atoms with Crippen LogP contribution in [0.2, 0.25) is 0 Å². The summed E-state index contributed by atoms with van der Waals surface area (Å²) in [5.41, 5.74) is 0. The number of ether oxygens (including phenoxy) is 1. The van der Waals surface area contributed by atoms with Crippen LogP contribution in [0.15, 0.2) is 0 Å². The van der Waals surface area contributed by atoms with E-state index in [1.165, 1.54) is 12.8 Å². The minimum atomic E-state index is -0.895. The third-order valence-corrected chi connectivity index (χ3v) is 4.36. The fourth-order valence-corrected chi connectivity index (χ4v) is 3.08.